The highest BCUT2D eigenvalue weighted by atomic mass is 16.5. The van der Waals surface area contributed by atoms with Gasteiger partial charge in [0.25, 0.3) is 0 Å². The zero-order chi connectivity index (χ0) is 29.5. The number of fused-ring (bicyclic) bond motifs is 1. The van der Waals surface area contributed by atoms with Gasteiger partial charge in [0.1, 0.15) is 11.6 Å². The lowest BCUT2D eigenvalue weighted by Gasteiger charge is -2.38. The molecule has 3 aliphatic heterocycles. The van der Waals surface area contributed by atoms with Crippen LogP contribution in [-0.4, -0.2) is 57.6 Å². The Bertz CT molecular complexity index is 1310. The molecule has 3 fully saturated rings. The zero-order valence-electron chi connectivity index (χ0n) is 24.8. The molecule has 0 saturated carbocycles. The van der Waals surface area contributed by atoms with Crippen LogP contribution in [0.5, 0.6) is 0 Å². The number of carbonyl (C=O) groups is 3. The minimum absolute atomic E-state index is 0.185. The fourth-order valence-corrected chi connectivity index (χ4v) is 7.53. The number of hydrogen-bond donors (Lipinski definition) is 3. The van der Waals surface area contributed by atoms with Gasteiger partial charge in [-0.2, -0.15) is 0 Å². The highest BCUT2D eigenvalue weighted by molar-refractivity contribution is 6.04. The minimum atomic E-state index is -1.14. The Kier molecular flexibility index (Phi) is 8.01. The summed E-state index contributed by atoms with van der Waals surface area (Å²) in [7, 11) is 0. The second-order valence-corrected chi connectivity index (χ2v) is 12.6. The summed E-state index contributed by atoms with van der Waals surface area (Å²) in [6.07, 6.45) is 2.18. The summed E-state index contributed by atoms with van der Waals surface area (Å²) in [6.45, 7) is 10.0. The number of anilines is 1. The van der Waals surface area contributed by atoms with Crippen molar-refractivity contribution in [3.8, 4) is 0 Å². The number of aliphatic hydroxyl groups is 1. The van der Waals surface area contributed by atoms with Crippen molar-refractivity contribution in [2.45, 2.75) is 90.1 Å². The summed E-state index contributed by atoms with van der Waals surface area (Å²) >= 11 is 0. The molecule has 5 rings (SSSR count). The van der Waals surface area contributed by atoms with Crippen LogP contribution >= 0.6 is 0 Å². The smallest absolute Gasteiger partial charge is 0.250 e. The first-order valence-corrected chi connectivity index (χ1v) is 14.9. The third-order valence-electron chi connectivity index (χ3n) is 9.46. The number of aliphatic hydroxyl groups excluding tert-OH is 1. The van der Waals surface area contributed by atoms with Crippen LogP contribution in [0.15, 0.2) is 48.5 Å². The van der Waals surface area contributed by atoms with E-state index in [2.05, 4.69) is 10.6 Å². The molecule has 0 aliphatic carbocycles. The number of hydrogen-bond acceptors (Lipinski definition) is 5. The molecule has 41 heavy (non-hydrogen) atoms. The largest absolute Gasteiger partial charge is 0.394 e. The van der Waals surface area contributed by atoms with Crippen LogP contribution in [0.3, 0.4) is 0 Å². The Balaban J connectivity index is 1.54. The third kappa shape index (κ3) is 4.95. The number of benzene rings is 2. The van der Waals surface area contributed by atoms with Crippen molar-refractivity contribution in [3.05, 3.63) is 65.2 Å². The molecular weight excluding hydrogens is 518 g/mol. The summed E-state index contributed by atoms with van der Waals surface area (Å²) < 4.78 is 6.87. The Morgan fingerprint density at radius 3 is 2.49 bits per heavy atom. The van der Waals surface area contributed by atoms with Crippen LogP contribution in [-0.2, 0) is 25.7 Å². The summed E-state index contributed by atoms with van der Waals surface area (Å²) in [5.74, 6) is -2.19. The lowest BCUT2D eigenvalue weighted by atomic mass is 9.65. The number of nitrogens with zero attached hydrogens (tertiary/aromatic N) is 1. The molecule has 0 radical (unpaired) electrons. The molecule has 6 atom stereocenters. The second-order valence-electron chi connectivity index (χ2n) is 12.6. The van der Waals surface area contributed by atoms with Crippen molar-refractivity contribution in [1.82, 2.24) is 10.2 Å². The van der Waals surface area contributed by atoms with Crippen molar-refractivity contribution in [2.24, 2.45) is 17.8 Å². The quantitative estimate of drug-likeness (QED) is 0.405. The molecule has 2 aromatic carbocycles. The lowest BCUT2D eigenvalue weighted by molar-refractivity contribution is -0.149. The normalized spacial score (nSPS) is 29.1. The van der Waals surface area contributed by atoms with Gasteiger partial charge in [-0.05, 0) is 68.2 Å². The van der Waals surface area contributed by atoms with Crippen molar-refractivity contribution in [2.75, 3.05) is 11.9 Å². The van der Waals surface area contributed by atoms with E-state index in [4.69, 9.17) is 4.74 Å². The van der Waals surface area contributed by atoms with Crippen LogP contribution in [0.4, 0.5) is 5.69 Å². The van der Waals surface area contributed by atoms with Gasteiger partial charge in [-0.15, -0.1) is 0 Å². The summed E-state index contributed by atoms with van der Waals surface area (Å²) in [5.41, 5.74) is 1.60. The van der Waals surface area contributed by atoms with E-state index in [0.29, 0.717) is 37.9 Å². The van der Waals surface area contributed by atoms with Gasteiger partial charge in [-0.3, -0.25) is 14.4 Å². The van der Waals surface area contributed by atoms with Gasteiger partial charge in [0, 0.05) is 12.2 Å². The molecule has 2 unspecified atom stereocenters. The van der Waals surface area contributed by atoms with Crippen LogP contribution in [0, 0.1) is 31.6 Å². The van der Waals surface area contributed by atoms with Gasteiger partial charge in [0.05, 0.1) is 30.1 Å². The molecule has 3 heterocycles. The molecule has 3 aliphatic rings. The van der Waals surface area contributed by atoms with Crippen molar-refractivity contribution < 1.29 is 24.2 Å². The molecule has 8 heteroatoms. The summed E-state index contributed by atoms with van der Waals surface area (Å²) in [5, 5.41) is 16.6. The maximum Gasteiger partial charge on any atom is 0.250 e. The van der Waals surface area contributed by atoms with Crippen LogP contribution in [0.1, 0.15) is 63.1 Å². The monoisotopic (exact) mass is 561 g/mol. The molecule has 3 saturated heterocycles. The maximum absolute atomic E-state index is 14.5. The van der Waals surface area contributed by atoms with E-state index in [0.717, 1.165) is 16.7 Å². The van der Waals surface area contributed by atoms with Crippen LogP contribution in [0.25, 0.3) is 0 Å². The number of carbonyl (C=O) groups excluding carboxylic acids is 3. The van der Waals surface area contributed by atoms with Crippen LogP contribution < -0.4 is 10.6 Å². The van der Waals surface area contributed by atoms with Crippen molar-refractivity contribution in [3.63, 3.8) is 0 Å². The van der Waals surface area contributed by atoms with E-state index in [-0.39, 0.29) is 30.2 Å². The van der Waals surface area contributed by atoms with Crippen molar-refractivity contribution >= 4 is 23.4 Å². The highest BCUT2D eigenvalue weighted by Crippen LogP contribution is 2.64. The summed E-state index contributed by atoms with van der Waals surface area (Å²) in [6, 6.07) is 14.0. The molecule has 3 amide bonds. The minimum Gasteiger partial charge on any atom is -0.394 e. The maximum atomic E-state index is 14.5. The number of amides is 3. The van der Waals surface area contributed by atoms with Crippen LogP contribution in [0.2, 0.25) is 0 Å². The predicted octanol–water partition coefficient (Wildman–Crippen LogP) is 4.12. The number of nitrogens with one attached hydrogen (secondary N) is 2. The molecule has 220 valence electrons. The molecule has 3 N–H and O–H groups in total. The molecule has 0 aromatic heterocycles. The van der Waals surface area contributed by atoms with E-state index in [1.54, 1.807) is 4.90 Å². The third-order valence-corrected chi connectivity index (χ3v) is 9.46. The first-order chi connectivity index (χ1) is 19.6. The Morgan fingerprint density at radius 2 is 1.83 bits per heavy atom. The zero-order valence-corrected chi connectivity index (χ0v) is 24.8. The number of aryl methyl sites for hydroxylation is 2. The Labute approximate surface area is 242 Å². The second kappa shape index (κ2) is 11.2. The van der Waals surface area contributed by atoms with Gasteiger partial charge in [-0.1, -0.05) is 63.2 Å². The first kappa shape index (κ1) is 29.3. The lowest BCUT2D eigenvalue weighted by Crippen LogP contribution is -2.56. The average molecular weight is 562 g/mol. The fourth-order valence-electron chi connectivity index (χ4n) is 7.53. The summed E-state index contributed by atoms with van der Waals surface area (Å²) in [4.78, 5) is 44.2. The molecule has 1 spiro atoms. The van der Waals surface area contributed by atoms with Gasteiger partial charge in [0.15, 0.2) is 0 Å². The first-order valence-electron chi connectivity index (χ1n) is 14.9. The topological polar surface area (TPSA) is 108 Å². The predicted molar refractivity (Wildman–Crippen MR) is 157 cm³/mol. The van der Waals surface area contributed by atoms with E-state index in [1.807, 2.05) is 83.1 Å². The average Bonchev–Trinajstić information content (AvgIpc) is 3.56. The number of rotatable bonds is 10. The number of likely N-dealkylation sites (tertiary alicyclic amines) is 1. The Hall–Kier alpha value is -3.23. The van der Waals surface area contributed by atoms with E-state index in [9.17, 15) is 19.5 Å². The molecule has 2 aromatic rings. The number of ether oxygens (including phenoxy) is 1. The Morgan fingerprint density at radius 1 is 1.10 bits per heavy atom. The molecular formula is C33H43N3O5. The standard InChI is InChI=1S/C33H43N3O5/c1-6-32-14-15-33(41-32)27(26(32)29(38)34-18-23-10-8-7-9-11-23)31(40)36(24(19-37)16-20(2)3)28(33)30(39)35-25-17-21(4)12-13-22(25)5/h7-13,17,20,24,26-28,37H,6,14-16,18-19H2,1-5H3,(H,34,38)(H,35,39)/t24-,26+,27+,28?,32-,33?/m1/s1. The highest BCUT2D eigenvalue weighted by Gasteiger charge is 2.79. The van der Waals surface area contributed by atoms with E-state index < -0.39 is 35.1 Å². The van der Waals surface area contributed by atoms with Gasteiger partial charge < -0.3 is 25.4 Å². The fraction of sp³-hybridized carbons (Fsp3) is 0.545. The van der Waals surface area contributed by atoms with E-state index in [1.165, 1.54) is 0 Å². The molecule has 8 nitrogen and oxygen atoms in total. The molecule has 2 bridgehead atoms. The van der Waals surface area contributed by atoms with Gasteiger partial charge in [0.2, 0.25) is 17.7 Å². The van der Waals surface area contributed by atoms with Gasteiger partial charge >= 0.3 is 0 Å². The van der Waals surface area contributed by atoms with E-state index >= 15 is 0 Å². The SMILES string of the molecule is CC[C@]12CCC3(O1)C(C(=O)Nc1cc(C)ccc1C)N([C@@H](CO)CC(C)C)C(=O)[C@@H]3[C@H]2C(=O)NCc1ccccc1. The van der Waals surface area contributed by atoms with Gasteiger partial charge in [-0.25, -0.2) is 0 Å². The van der Waals surface area contributed by atoms with Crippen molar-refractivity contribution in [1.29, 1.82) is 0 Å².